The van der Waals surface area contributed by atoms with Gasteiger partial charge in [0.25, 0.3) is 0 Å². The zero-order chi connectivity index (χ0) is 10.3. The first kappa shape index (κ1) is 12.6. The summed E-state index contributed by atoms with van der Waals surface area (Å²) in [6, 6.07) is -0.0900. The molecule has 0 radical (unpaired) electrons. The number of carbonyl (C=O) groups is 1. The van der Waals surface area contributed by atoms with Crippen LogP contribution in [0.1, 0.15) is 19.8 Å². The molecule has 0 amide bonds. The summed E-state index contributed by atoms with van der Waals surface area (Å²) in [6.07, 6.45) is 1.24. The number of ether oxygens (including phenoxy) is 2. The highest BCUT2D eigenvalue weighted by Crippen LogP contribution is 2.05. The molecule has 0 aliphatic carbocycles. The van der Waals surface area contributed by atoms with Crippen molar-refractivity contribution in [2.75, 3.05) is 21.3 Å². The van der Waals surface area contributed by atoms with Crippen LogP contribution < -0.4 is 5.32 Å². The first-order valence-electron chi connectivity index (χ1n) is 4.39. The largest absolute Gasteiger partial charge is 0.356 e. The molecule has 0 saturated carbocycles. The molecule has 0 fully saturated rings. The predicted octanol–water partition coefficient (Wildman–Crippen LogP) is 0.562. The lowest BCUT2D eigenvalue weighted by molar-refractivity contribution is -0.121. The Hall–Kier alpha value is -0.450. The third-order valence-corrected chi connectivity index (χ3v) is 2.06. The van der Waals surface area contributed by atoms with E-state index in [1.165, 1.54) is 0 Å². The minimum absolute atomic E-state index is 0.0900. The van der Waals surface area contributed by atoms with Crippen LogP contribution in [0, 0.1) is 0 Å². The maximum atomic E-state index is 11.0. The second-order valence-electron chi connectivity index (χ2n) is 2.93. The lowest BCUT2D eigenvalue weighted by Crippen LogP contribution is -2.33. The summed E-state index contributed by atoms with van der Waals surface area (Å²) in [7, 11) is 4.97. The van der Waals surface area contributed by atoms with Gasteiger partial charge in [0, 0.05) is 20.6 Å². The average molecular weight is 189 g/mol. The Morgan fingerprint density at radius 2 is 1.85 bits per heavy atom. The van der Waals surface area contributed by atoms with Crippen LogP contribution in [0.3, 0.4) is 0 Å². The van der Waals surface area contributed by atoms with E-state index in [9.17, 15) is 4.79 Å². The predicted molar refractivity (Wildman–Crippen MR) is 50.6 cm³/mol. The summed E-state index contributed by atoms with van der Waals surface area (Å²) in [5.74, 6) is 0.147. The zero-order valence-corrected chi connectivity index (χ0v) is 8.79. The maximum absolute atomic E-state index is 11.0. The molecule has 1 atom stereocenters. The van der Waals surface area contributed by atoms with Crippen molar-refractivity contribution < 1.29 is 14.3 Å². The second kappa shape index (κ2) is 7.00. The third-order valence-electron chi connectivity index (χ3n) is 2.06. The van der Waals surface area contributed by atoms with Crippen molar-refractivity contribution in [3.05, 3.63) is 0 Å². The van der Waals surface area contributed by atoms with Gasteiger partial charge < -0.3 is 14.8 Å². The normalized spacial score (nSPS) is 13.3. The minimum atomic E-state index is -0.213. The molecule has 0 bridgehead atoms. The van der Waals surface area contributed by atoms with Gasteiger partial charge in [-0.3, -0.25) is 4.79 Å². The van der Waals surface area contributed by atoms with Crippen LogP contribution in [0.25, 0.3) is 0 Å². The molecule has 78 valence electrons. The monoisotopic (exact) mass is 189 g/mol. The van der Waals surface area contributed by atoms with Crippen LogP contribution in [0.2, 0.25) is 0 Å². The van der Waals surface area contributed by atoms with Crippen molar-refractivity contribution in [1.82, 2.24) is 5.32 Å². The van der Waals surface area contributed by atoms with Gasteiger partial charge in [0.2, 0.25) is 0 Å². The highest BCUT2D eigenvalue weighted by Gasteiger charge is 2.14. The van der Waals surface area contributed by atoms with Gasteiger partial charge in [-0.1, -0.05) is 0 Å². The average Bonchev–Trinajstić information content (AvgIpc) is 2.12. The molecule has 0 aromatic heterocycles. The Balaban J connectivity index is 3.76. The van der Waals surface area contributed by atoms with Crippen molar-refractivity contribution in [2.45, 2.75) is 32.1 Å². The lowest BCUT2D eigenvalue weighted by Gasteiger charge is -2.17. The fourth-order valence-electron chi connectivity index (χ4n) is 1.19. The molecular formula is C9H19NO3. The summed E-state index contributed by atoms with van der Waals surface area (Å²) in [5.41, 5.74) is 0. The lowest BCUT2D eigenvalue weighted by atomic mass is 10.1. The van der Waals surface area contributed by atoms with E-state index in [0.717, 1.165) is 12.8 Å². The molecule has 4 nitrogen and oxygen atoms in total. The van der Waals surface area contributed by atoms with E-state index in [2.05, 4.69) is 5.32 Å². The number of Topliss-reactive ketones (excluding diaryl/α,β-unsaturated/α-hetero) is 1. The topological polar surface area (TPSA) is 47.6 Å². The Morgan fingerprint density at radius 1 is 1.31 bits per heavy atom. The quantitative estimate of drug-likeness (QED) is 0.595. The van der Waals surface area contributed by atoms with Crippen molar-refractivity contribution in [2.24, 2.45) is 0 Å². The van der Waals surface area contributed by atoms with Gasteiger partial charge in [-0.15, -0.1) is 0 Å². The van der Waals surface area contributed by atoms with E-state index in [-0.39, 0.29) is 18.1 Å². The molecular weight excluding hydrogens is 170 g/mol. The number of nitrogens with one attached hydrogen (secondary N) is 1. The summed E-state index contributed by atoms with van der Waals surface area (Å²) in [5, 5.41) is 2.94. The van der Waals surface area contributed by atoms with Crippen molar-refractivity contribution >= 4 is 5.78 Å². The molecule has 1 N–H and O–H groups in total. The first-order chi connectivity index (χ1) is 6.15. The van der Waals surface area contributed by atoms with Crippen molar-refractivity contribution in [3.63, 3.8) is 0 Å². The Morgan fingerprint density at radius 3 is 2.15 bits per heavy atom. The molecule has 0 heterocycles. The van der Waals surface area contributed by atoms with Gasteiger partial charge in [0.05, 0.1) is 6.04 Å². The summed E-state index contributed by atoms with van der Waals surface area (Å²) < 4.78 is 10.0. The Labute approximate surface area is 79.6 Å². The molecule has 0 unspecified atom stereocenters. The van der Waals surface area contributed by atoms with Gasteiger partial charge >= 0.3 is 0 Å². The molecule has 0 spiro atoms. The third kappa shape index (κ3) is 4.98. The molecule has 4 heteroatoms. The van der Waals surface area contributed by atoms with Gasteiger partial charge in [-0.2, -0.15) is 0 Å². The van der Waals surface area contributed by atoms with Gasteiger partial charge in [0.15, 0.2) is 6.29 Å². The molecule has 0 saturated heterocycles. The van der Waals surface area contributed by atoms with Crippen LogP contribution in [-0.4, -0.2) is 39.4 Å². The molecule has 0 rings (SSSR count). The minimum Gasteiger partial charge on any atom is -0.356 e. The molecule has 0 aliphatic heterocycles. The van der Waals surface area contributed by atoms with Gasteiger partial charge in [-0.05, 0) is 20.4 Å². The highest BCUT2D eigenvalue weighted by molar-refractivity contribution is 5.81. The van der Waals surface area contributed by atoms with E-state index in [4.69, 9.17) is 9.47 Å². The van der Waals surface area contributed by atoms with Gasteiger partial charge in [-0.25, -0.2) is 0 Å². The fourth-order valence-corrected chi connectivity index (χ4v) is 1.19. The Kier molecular flexibility index (Phi) is 6.76. The number of rotatable bonds is 7. The number of likely N-dealkylation sites (N-methyl/N-ethyl adjacent to an activating group) is 1. The molecule has 0 aromatic carbocycles. The SMILES string of the molecule is CN[C@@H](CCC(OC)OC)C(C)=O. The standard InChI is InChI=1S/C9H19NO3/c1-7(11)8(10-2)5-6-9(12-3)13-4/h8-10H,5-6H2,1-4H3/t8-/m0/s1. The summed E-state index contributed by atoms with van der Waals surface area (Å²) in [6.45, 7) is 1.58. The van der Waals surface area contributed by atoms with Crippen LogP contribution in [0.4, 0.5) is 0 Å². The second-order valence-corrected chi connectivity index (χ2v) is 2.93. The number of ketones is 1. The van der Waals surface area contributed by atoms with Crippen LogP contribution in [0.15, 0.2) is 0 Å². The first-order valence-corrected chi connectivity index (χ1v) is 4.39. The van der Waals surface area contributed by atoms with E-state index in [1.54, 1.807) is 28.2 Å². The summed E-state index contributed by atoms with van der Waals surface area (Å²) >= 11 is 0. The van der Waals surface area contributed by atoms with E-state index >= 15 is 0 Å². The van der Waals surface area contributed by atoms with Crippen LogP contribution in [0.5, 0.6) is 0 Å². The Bertz CT molecular complexity index is 146. The number of carbonyl (C=O) groups excluding carboxylic acids is 1. The maximum Gasteiger partial charge on any atom is 0.156 e. The molecule has 0 aliphatic rings. The smallest absolute Gasteiger partial charge is 0.156 e. The highest BCUT2D eigenvalue weighted by atomic mass is 16.7. The van der Waals surface area contributed by atoms with Crippen molar-refractivity contribution in [3.8, 4) is 0 Å². The number of hydrogen-bond donors (Lipinski definition) is 1. The van der Waals surface area contributed by atoms with Crippen LogP contribution in [-0.2, 0) is 14.3 Å². The number of methoxy groups -OCH3 is 2. The molecule has 13 heavy (non-hydrogen) atoms. The fraction of sp³-hybridized carbons (Fsp3) is 0.889. The van der Waals surface area contributed by atoms with Gasteiger partial charge in [0.1, 0.15) is 5.78 Å². The van der Waals surface area contributed by atoms with E-state index in [0.29, 0.717) is 0 Å². The van der Waals surface area contributed by atoms with Crippen LogP contribution >= 0.6 is 0 Å². The zero-order valence-electron chi connectivity index (χ0n) is 8.79. The summed E-state index contributed by atoms with van der Waals surface area (Å²) in [4.78, 5) is 11.0. The van der Waals surface area contributed by atoms with E-state index < -0.39 is 0 Å². The van der Waals surface area contributed by atoms with E-state index in [1.807, 2.05) is 0 Å². The van der Waals surface area contributed by atoms with Crippen molar-refractivity contribution in [1.29, 1.82) is 0 Å². The number of hydrogen-bond acceptors (Lipinski definition) is 4. The molecule has 0 aromatic rings.